The van der Waals surface area contributed by atoms with E-state index in [1.807, 2.05) is 0 Å². The van der Waals surface area contributed by atoms with Crippen molar-refractivity contribution in [2.75, 3.05) is 19.1 Å². The average Bonchev–Trinajstić information content (AvgIpc) is 2.35. The van der Waals surface area contributed by atoms with Gasteiger partial charge in [-0.2, -0.15) is 13.2 Å². The molecule has 0 unspecified atom stereocenters. The van der Waals surface area contributed by atoms with Gasteiger partial charge in [0, 0.05) is 11.5 Å². The monoisotopic (exact) mass is 378 g/mol. The maximum Gasteiger partial charge on any atom is 0.471 e. The molecule has 0 aromatic carbocycles. The molecule has 1 amide bonds. The van der Waals surface area contributed by atoms with Crippen LogP contribution in [0.3, 0.4) is 0 Å². The van der Waals surface area contributed by atoms with Crippen molar-refractivity contribution in [3.05, 3.63) is 26.6 Å². The van der Waals surface area contributed by atoms with Gasteiger partial charge in [0.05, 0.1) is 0 Å². The number of hydrogen-bond donors (Lipinski definition) is 0. The fraction of sp³-hybridized carbons (Fsp3) is 0.400. The van der Waals surface area contributed by atoms with Gasteiger partial charge >= 0.3 is 17.6 Å². The van der Waals surface area contributed by atoms with Crippen molar-refractivity contribution in [1.29, 1.82) is 0 Å². The first-order valence-electron chi connectivity index (χ1n) is 5.15. The topological polar surface area (TPSA) is 51.5 Å². The van der Waals surface area contributed by atoms with Crippen LogP contribution < -0.4 is 15.3 Å². The second-order valence-corrected chi connectivity index (χ2v) is 4.56. The molecule has 0 atom stereocenters. The molecule has 0 radical (unpaired) electrons. The van der Waals surface area contributed by atoms with Gasteiger partial charge in [-0.3, -0.25) is 9.59 Å². The zero-order chi connectivity index (χ0) is 16.5. The van der Waals surface area contributed by atoms with Gasteiger partial charge < -0.3 is 9.74 Å². The van der Waals surface area contributed by atoms with E-state index in [4.69, 9.17) is 0 Å². The van der Waals surface area contributed by atoms with Crippen LogP contribution in [0.2, 0.25) is 0 Å². The molecule has 0 aliphatic heterocycles. The van der Waals surface area contributed by atoms with Gasteiger partial charge in [0.1, 0.15) is 18.5 Å². The van der Waals surface area contributed by atoms with E-state index in [-0.39, 0.29) is 9.63 Å². The zero-order valence-corrected chi connectivity index (χ0v) is 12.1. The van der Waals surface area contributed by atoms with Crippen LogP contribution in [0, 0.1) is 0 Å². The summed E-state index contributed by atoms with van der Waals surface area (Å²) in [5, 5.41) is 0. The van der Waals surface area contributed by atoms with Crippen molar-refractivity contribution in [2.24, 2.45) is 0 Å². The van der Waals surface area contributed by atoms with E-state index in [0.29, 0.717) is 13.1 Å². The summed E-state index contributed by atoms with van der Waals surface area (Å²) in [7, 11) is 1.58. The first-order chi connectivity index (χ1) is 9.52. The Morgan fingerprint density at radius 3 is 2.33 bits per heavy atom. The molecule has 0 bridgehead atoms. The van der Waals surface area contributed by atoms with Crippen LogP contribution in [-0.4, -0.2) is 31.0 Å². The lowest BCUT2D eigenvalue weighted by Crippen LogP contribution is -2.43. The Balaban J connectivity index is 3.53. The first-order valence-corrected chi connectivity index (χ1v) is 5.94. The van der Waals surface area contributed by atoms with E-state index in [9.17, 15) is 31.5 Å². The molecule has 0 spiro atoms. The third kappa shape index (κ3) is 3.34. The van der Waals surface area contributed by atoms with Gasteiger partial charge in [0.2, 0.25) is 0 Å². The number of carbonyl (C=O) groups excluding carboxylic acids is 1. The molecule has 21 heavy (non-hydrogen) atoms. The minimum Gasteiger partial charge on any atom is -0.414 e. The van der Waals surface area contributed by atoms with Gasteiger partial charge in [-0.05, 0) is 22.0 Å². The fourth-order valence-corrected chi connectivity index (χ4v) is 2.18. The largest absolute Gasteiger partial charge is 0.471 e. The molecule has 1 heterocycles. The van der Waals surface area contributed by atoms with E-state index in [1.165, 1.54) is 0 Å². The molecule has 118 valence electrons. The lowest BCUT2D eigenvalue weighted by Gasteiger charge is -2.21. The predicted molar refractivity (Wildman–Crippen MR) is 65.3 cm³/mol. The minimum atomic E-state index is -5.22. The van der Waals surface area contributed by atoms with E-state index in [1.54, 1.807) is 0 Å². The second-order valence-electron chi connectivity index (χ2n) is 3.71. The molecule has 0 fully saturated rings. The van der Waals surface area contributed by atoms with Gasteiger partial charge in [0.25, 0.3) is 6.43 Å². The van der Waals surface area contributed by atoms with Crippen LogP contribution in [-0.2, 0) is 4.79 Å². The van der Waals surface area contributed by atoms with Crippen LogP contribution in [0.25, 0.3) is 0 Å². The zero-order valence-electron chi connectivity index (χ0n) is 10.5. The van der Waals surface area contributed by atoms with Crippen LogP contribution in [0.5, 0.6) is 0 Å². The summed E-state index contributed by atoms with van der Waals surface area (Å²) in [6.45, 7) is 0. The van der Waals surface area contributed by atoms with Crippen LogP contribution in [0.1, 0.15) is 12.1 Å². The Bertz CT molecular complexity index is 614. The molecule has 1 rings (SSSR count). The summed E-state index contributed by atoms with van der Waals surface area (Å²) in [4.78, 5) is 27.5. The molecule has 0 saturated carbocycles. The Morgan fingerprint density at radius 2 is 1.95 bits per heavy atom. The number of aromatic nitrogens is 1. The maximum atomic E-state index is 12.7. The highest BCUT2D eigenvalue weighted by Crippen LogP contribution is 2.29. The van der Waals surface area contributed by atoms with Crippen molar-refractivity contribution >= 4 is 27.5 Å². The van der Waals surface area contributed by atoms with E-state index in [0.717, 1.165) is 7.11 Å². The Kier molecular flexibility index (Phi) is 4.97. The highest BCUT2D eigenvalue weighted by Gasteiger charge is 2.43. The predicted octanol–water partition coefficient (Wildman–Crippen LogP) is 2.13. The summed E-state index contributed by atoms with van der Waals surface area (Å²) in [5.74, 6) is -2.33. The van der Waals surface area contributed by atoms with Crippen LogP contribution >= 0.6 is 15.9 Å². The molecule has 0 N–H and O–H groups in total. The van der Waals surface area contributed by atoms with Crippen molar-refractivity contribution in [3.63, 3.8) is 0 Å². The number of anilines is 1. The maximum absolute atomic E-state index is 12.7. The number of pyridine rings is 1. The molecule has 0 aliphatic rings. The summed E-state index contributed by atoms with van der Waals surface area (Å²) >= 11 is 2.70. The number of nitrogens with zero attached hydrogens (tertiary/aromatic N) is 2. The molecule has 0 aliphatic carbocycles. The number of carbonyl (C=O) groups is 1. The normalized spacial score (nSPS) is 11.7. The van der Waals surface area contributed by atoms with Crippen molar-refractivity contribution in [1.82, 2.24) is 4.73 Å². The lowest BCUT2D eigenvalue weighted by molar-refractivity contribution is -0.170. The standard InChI is InChI=1S/C10H8BrF5N2O3/c1-17(9(20)10(14,15)16)6-4(11)3-5(7(12)13)18(21-2)8(6)19/h3,7H,1-2H3. The molecule has 0 saturated heterocycles. The molecule has 1 aromatic heterocycles. The van der Waals surface area contributed by atoms with Gasteiger partial charge in [-0.15, -0.1) is 4.73 Å². The SMILES string of the molecule is COn1c(C(F)F)cc(Br)c(N(C)C(=O)C(F)(F)F)c1=O. The van der Waals surface area contributed by atoms with Gasteiger partial charge in [-0.25, -0.2) is 8.78 Å². The summed E-state index contributed by atoms with van der Waals surface area (Å²) in [6, 6.07) is 0.699. The van der Waals surface area contributed by atoms with Crippen molar-refractivity contribution in [3.8, 4) is 0 Å². The van der Waals surface area contributed by atoms with E-state index < -0.39 is 39.9 Å². The van der Waals surface area contributed by atoms with E-state index in [2.05, 4.69) is 20.8 Å². The van der Waals surface area contributed by atoms with Gasteiger partial charge in [-0.1, -0.05) is 0 Å². The summed E-state index contributed by atoms with van der Waals surface area (Å²) < 4.78 is 62.3. The summed E-state index contributed by atoms with van der Waals surface area (Å²) in [5.41, 5.74) is -2.98. The Morgan fingerprint density at radius 1 is 1.43 bits per heavy atom. The highest BCUT2D eigenvalue weighted by molar-refractivity contribution is 9.10. The lowest BCUT2D eigenvalue weighted by atomic mass is 10.3. The smallest absolute Gasteiger partial charge is 0.414 e. The number of rotatable bonds is 3. The molecular weight excluding hydrogens is 371 g/mol. The average molecular weight is 379 g/mol. The third-order valence-electron chi connectivity index (χ3n) is 2.41. The number of amides is 1. The number of alkyl halides is 5. The van der Waals surface area contributed by atoms with Gasteiger partial charge in [0.15, 0.2) is 0 Å². The molecule has 5 nitrogen and oxygen atoms in total. The van der Waals surface area contributed by atoms with E-state index >= 15 is 0 Å². The Labute approximate surface area is 123 Å². The second kappa shape index (κ2) is 6.00. The molecular formula is C10H8BrF5N2O3. The first kappa shape index (κ1) is 17.4. The number of halogens is 6. The Hall–Kier alpha value is -1.65. The molecule has 1 aromatic rings. The molecule has 11 heteroatoms. The minimum absolute atomic E-state index is 0.0111. The summed E-state index contributed by atoms with van der Waals surface area (Å²) in [6.07, 6.45) is -8.33. The highest BCUT2D eigenvalue weighted by atomic mass is 79.9. The third-order valence-corrected chi connectivity index (χ3v) is 3.02. The van der Waals surface area contributed by atoms with Crippen molar-refractivity contribution < 1.29 is 31.6 Å². The quantitative estimate of drug-likeness (QED) is 0.757. The fourth-order valence-electron chi connectivity index (χ4n) is 1.51. The van der Waals surface area contributed by atoms with Crippen LogP contribution in [0.4, 0.5) is 27.6 Å². The number of hydrogen-bond acceptors (Lipinski definition) is 3. The van der Waals surface area contributed by atoms with Crippen molar-refractivity contribution in [2.45, 2.75) is 12.6 Å². The van der Waals surface area contributed by atoms with Crippen LogP contribution in [0.15, 0.2) is 15.3 Å².